The van der Waals surface area contributed by atoms with E-state index in [-0.39, 0.29) is 24.2 Å². The van der Waals surface area contributed by atoms with Crippen molar-refractivity contribution in [3.05, 3.63) is 76.9 Å². The summed E-state index contributed by atoms with van der Waals surface area (Å²) in [4.78, 5) is 12.5. The molecule has 0 heterocycles. The number of carbonyl (C=O) groups excluding carboxylic acids is 1. The third kappa shape index (κ3) is 5.60. The maximum atomic E-state index is 15.0. The zero-order valence-corrected chi connectivity index (χ0v) is 20.5. The topological polar surface area (TPSA) is 35.5 Å². The molecule has 0 atom stereocenters. The molecule has 0 bridgehead atoms. The van der Waals surface area contributed by atoms with Gasteiger partial charge in [-0.05, 0) is 79.5 Å². The molecule has 0 saturated heterocycles. The minimum atomic E-state index is -1.33. The first-order valence-electron chi connectivity index (χ1n) is 12.7. The second kappa shape index (κ2) is 11.5. The molecule has 0 unspecified atom stereocenters. The van der Waals surface area contributed by atoms with Crippen LogP contribution in [0.3, 0.4) is 0 Å². The zero-order valence-electron chi connectivity index (χ0n) is 20.5. The molecule has 2 aliphatic rings. The number of ether oxygens (including phenoxy) is 2. The van der Waals surface area contributed by atoms with Crippen molar-refractivity contribution in [1.82, 2.24) is 0 Å². The van der Waals surface area contributed by atoms with Crippen molar-refractivity contribution in [2.75, 3.05) is 6.61 Å². The molecule has 3 nitrogen and oxygen atoms in total. The molecule has 194 valence electrons. The highest BCUT2D eigenvalue weighted by molar-refractivity contribution is 5.90. The Hall–Kier alpha value is -2.83. The van der Waals surface area contributed by atoms with Crippen molar-refractivity contribution >= 4 is 5.97 Å². The summed E-state index contributed by atoms with van der Waals surface area (Å²) in [6.45, 7) is 5.63. The SMILES string of the molecule is C=CCOc1ccc(C(=O)OC2CCC(c3ccc(C4CCC(C)CC4)c(F)c3F)CC2)c(F)c1F. The molecule has 2 aromatic carbocycles. The van der Waals surface area contributed by atoms with E-state index in [1.807, 2.05) is 0 Å². The van der Waals surface area contributed by atoms with Crippen LogP contribution in [0, 0.1) is 29.2 Å². The molecule has 0 aromatic heterocycles. The van der Waals surface area contributed by atoms with Crippen LogP contribution in [-0.2, 0) is 4.74 Å². The molecule has 0 aliphatic heterocycles. The largest absolute Gasteiger partial charge is 0.486 e. The minimum absolute atomic E-state index is 0.00350. The maximum absolute atomic E-state index is 15.0. The summed E-state index contributed by atoms with van der Waals surface area (Å²) in [5, 5.41) is 0. The first-order chi connectivity index (χ1) is 17.3. The Morgan fingerprint density at radius 2 is 1.39 bits per heavy atom. The quantitative estimate of drug-likeness (QED) is 0.218. The molecule has 2 aromatic rings. The van der Waals surface area contributed by atoms with E-state index in [0.29, 0.717) is 42.7 Å². The van der Waals surface area contributed by atoms with Gasteiger partial charge in [-0.1, -0.05) is 44.6 Å². The molecule has 2 saturated carbocycles. The highest BCUT2D eigenvalue weighted by Gasteiger charge is 2.31. The standard InChI is InChI=1S/C29H32F4O3/c1-3-16-35-24-15-14-23(27(32)28(24)33)29(34)36-20-10-8-19(9-11-20)22-13-12-21(25(30)26(22)31)18-6-4-17(2)5-7-18/h3,12-15,17-20H,1,4-11,16H2,2H3. The van der Waals surface area contributed by atoms with Crippen LogP contribution in [0.15, 0.2) is 36.9 Å². The van der Waals surface area contributed by atoms with Gasteiger partial charge < -0.3 is 9.47 Å². The van der Waals surface area contributed by atoms with Gasteiger partial charge >= 0.3 is 5.97 Å². The van der Waals surface area contributed by atoms with Crippen LogP contribution in [0.1, 0.15) is 91.6 Å². The van der Waals surface area contributed by atoms with Gasteiger partial charge in [0.15, 0.2) is 23.2 Å². The summed E-state index contributed by atoms with van der Waals surface area (Å²) >= 11 is 0. The fraction of sp³-hybridized carbons (Fsp3) is 0.483. The Morgan fingerprint density at radius 1 is 0.833 bits per heavy atom. The zero-order chi connectivity index (χ0) is 25.8. The molecule has 36 heavy (non-hydrogen) atoms. The van der Waals surface area contributed by atoms with E-state index in [2.05, 4.69) is 13.5 Å². The molecule has 2 aliphatic carbocycles. The van der Waals surface area contributed by atoms with E-state index in [0.717, 1.165) is 31.7 Å². The molecule has 0 N–H and O–H groups in total. The lowest BCUT2D eigenvalue weighted by atomic mass is 9.77. The monoisotopic (exact) mass is 504 g/mol. The highest BCUT2D eigenvalue weighted by atomic mass is 19.2. The van der Waals surface area contributed by atoms with Crippen molar-refractivity contribution in [2.45, 2.75) is 76.2 Å². The van der Waals surface area contributed by atoms with E-state index in [1.165, 1.54) is 12.1 Å². The fourth-order valence-corrected chi connectivity index (χ4v) is 5.44. The normalized spacial score (nSPS) is 24.2. The van der Waals surface area contributed by atoms with Gasteiger partial charge in [-0.25, -0.2) is 18.0 Å². The van der Waals surface area contributed by atoms with E-state index in [9.17, 15) is 18.0 Å². The average molecular weight is 505 g/mol. The minimum Gasteiger partial charge on any atom is -0.486 e. The van der Waals surface area contributed by atoms with Crippen molar-refractivity contribution < 1.29 is 31.8 Å². The molecular formula is C29H32F4O3. The Morgan fingerprint density at radius 3 is 1.94 bits per heavy atom. The predicted molar refractivity (Wildman–Crippen MR) is 129 cm³/mol. The second-order valence-electron chi connectivity index (χ2n) is 10.0. The molecule has 0 spiro atoms. The Bertz CT molecular complexity index is 1100. The van der Waals surface area contributed by atoms with Gasteiger partial charge in [0, 0.05) is 0 Å². The third-order valence-corrected chi connectivity index (χ3v) is 7.61. The van der Waals surface area contributed by atoms with Crippen molar-refractivity contribution in [2.24, 2.45) is 5.92 Å². The third-order valence-electron chi connectivity index (χ3n) is 7.61. The molecule has 0 radical (unpaired) electrons. The lowest BCUT2D eigenvalue weighted by Gasteiger charge is -2.30. The van der Waals surface area contributed by atoms with E-state index >= 15 is 4.39 Å². The number of halogens is 4. The molecule has 4 rings (SSSR count). The Balaban J connectivity index is 1.36. The number of carbonyl (C=O) groups is 1. The first-order valence-corrected chi connectivity index (χ1v) is 12.7. The second-order valence-corrected chi connectivity index (χ2v) is 10.0. The van der Waals surface area contributed by atoms with E-state index in [1.54, 1.807) is 12.1 Å². The van der Waals surface area contributed by atoms with Crippen LogP contribution in [0.25, 0.3) is 0 Å². The number of benzene rings is 2. The predicted octanol–water partition coefficient (Wildman–Crippen LogP) is 7.98. The van der Waals surface area contributed by atoms with Crippen LogP contribution < -0.4 is 4.74 Å². The number of hydrogen-bond acceptors (Lipinski definition) is 3. The van der Waals surface area contributed by atoms with Crippen molar-refractivity contribution in [1.29, 1.82) is 0 Å². The smallest absolute Gasteiger partial charge is 0.341 e. The lowest BCUT2D eigenvalue weighted by molar-refractivity contribution is 0.0188. The fourth-order valence-electron chi connectivity index (χ4n) is 5.44. The van der Waals surface area contributed by atoms with Gasteiger partial charge in [-0.2, -0.15) is 4.39 Å². The van der Waals surface area contributed by atoms with Gasteiger partial charge in [0.2, 0.25) is 5.82 Å². The van der Waals surface area contributed by atoms with Gasteiger partial charge in [0.05, 0.1) is 5.56 Å². The Labute approximate surface area is 209 Å². The summed E-state index contributed by atoms with van der Waals surface area (Å²) in [6, 6.07) is 5.74. The Kier molecular flexibility index (Phi) is 8.37. The van der Waals surface area contributed by atoms with Gasteiger partial charge in [-0.15, -0.1) is 0 Å². The van der Waals surface area contributed by atoms with Crippen LogP contribution >= 0.6 is 0 Å². The van der Waals surface area contributed by atoms with E-state index in [4.69, 9.17) is 9.47 Å². The van der Waals surface area contributed by atoms with E-state index < -0.39 is 40.9 Å². The van der Waals surface area contributed by atoms with Gasteiger partial charge in [0.25, 0.3) is 0 Å². The summed E-state index contributed by atoms with van der Waals surface area (Å²) in [5.41, 5.74) is 0.316. The molecule has 2 fully saturated rings. The van der Waals surface area contributed by atoms with Crippen LogP contribution in [0.2, 0.25) is 0 Å². The van der Waals surface area contributed by atoms with Gasteiger partial charge in [-0.3, -0.25) is 0 Å². The first kappa shape index (κ1) is 26.2. The number of esters is 1. The summed E-state index contributed by atoms with van der Waals surface area (Å²) in [6.07, 6.45) is 6.53. The molecule has 0 amide bonds. The van der Waals surface area contributed by atoms with Gasteiger partial charge in [0.1, 0.15) is 12.7 Å². The molecule has 7 heteroatoms. The average Bonchev–Trinajstić information content (AvgIpc) is 2.88. The maximum Gasteiger partial charge on any atom is 0.341 e. The van der Waals surface area contributed by atoms with Crippen molar-refractivity contribution in [3.8, 4) is 5.75 Å². The van der Waals surface area contributed by atoms with Crippen LogP contribution in [0.4, 0.5) is 17.6 Å². The summed E-state index contributed by atoms with van der Waals surface area (Å²) in [7, 11) is 0. The number of rotatable bonds is 7. The van der Waals surface area contributed by atoms with Crippen molar-refractivity contribution in [3.63, 3.8) is 0 Å². The number of hydrogen-bond donors (Lipinski definition) is 0. The highest BCUT2D eigenvalue weighted by Crippen LogP contribution is 2.41. The van der Waals surface area contributed by atoms with Crippen LogP contribution in [0.5, 0.6) is 5.75 Å². The lowest BCUT2D eigenvalue weighted by Crippen LogP contribution is -2.25. The molecular weight excluding hydrogens is 472 g/mol. The van der Waals surface area contributed by atoms with Crippen LogP contribution in [-0.4, -0.2) is 18.7 Å². The summed E-state index contributed by atoms with van der Waals surface area (Å²) in [5.74, 6) is -4.89. The summed E-state index contributed by atoms with van der Waals surface area (Å²) < 4.78 is 69.0.